The maximum absolute atomic E-state index is 12.0. The van der Waals surface area contributed by atoms with Crippen molar-refractivity contribution in [3.8, 4) is 5.75 Å². The van der Waals surface area contributed by atoms with Gasteiger partial charge < -0.3 is 15.8 Å². The van der Waals surface area contributed by atoms with Gasteiger partial charge in [-0.25, -0.2) is 0 Å². The predicted molar refractivity (Wildman–Crippen MR) is 72.7 cm³/mol. The minimum absolute atomic E-state index is 0.114. The van der Waals surface area contributed by atoms with Gasteiger partial charge in [0.05, 0.1) is 12.7 Å². The molecule has 94 valence electrons. The molecule has 1 aromatic carbocycles. The normalized spacial score (nSPS) is 11.9. The second kappa shape index (κ2) is 6.39. The number of anilines is 1. The van der Waals surface area contributed by atoms with Crippen LogP contribution in [0.1, 0.15) is 17.3 Å². The van der Waals surface area contributed by atoms with E-state index in [0.29, 0.717) is 17.0 Å². The van der Waals surface area contributed by atoms with Gasteiger partial charge in [-0.05, 0) is 31.4 Å². The van der Waals surface area contributed by atoms with Crippen molar-refractivity contribution in [3.63, 3.8) is 0 Å². The van der Waals surface area contributed by atoms with Crippen LogP contribution in [0.5, 0.6) is 5.75 Å². The molecule has 1 unspecified atom stereocenters. The summed E-state index contributed by atoms with van der Waals surface area (Å²) in [7, 11) is 1.56. The molecule has 4 nitrogen and oxygen atoms in total. The van der Waals surface area contributed by atoms with Crippen LogP contribution in [0.2, 0.25) is 0 Å². The molecule has 1 aromatic rings. The summed E-state index contributed by atoms with van der Waals surface area (Å²) in [4.78, 5) is 12.0. The van der Waals surface area contributed by atoms with E-state index in [0.717, 1.165) is 5.75 Å². The van der Waals surface area contributed by atoms with Gasteiger partial charge in [-0.2, -0.15) is 11.8 Å². The molecule has 0 saturated heterocycles. The van der Waals surface area contributed by atoms with Crippen LogP contribution in [0.4, 0.5) is 5.69 Å². The van der Waals surface area contributed by atoms with E-state index in [1.807, 2.05) is 13.2 Å². The lowest BCUT2D eigenvalue weighted by molar-refractivity contribution is 0.0944. The fraction of sp³-hybridized carbons (Fsp3) is 0.417. The Morgan fingerprint density at radius 1 is 1.59 bits per heavy atom. The molecule has 3 N–H and O–H groups in total. The van der Waals surface area contributed by atoms with E-state index >= 15 is 0 Å². The third-order valence-corrected chi connectivity index (χ3v) is 3.13. The average Bonchev–Trinajstić information content (AvgIpc) is 2.29. The largest absolute Gasteiger partial charge is 0.497 e. The van der Waals surface area contributed by atoms with Crippen molar-refractivity contribution in [2.45, 2.75) is 13.0 Å². The highest BCUT2D eigenvalue weighted by atomic mass is 32.2. The van der Waals surface area contributed by atoms with Crippen molar-refractivity contribution in [2.24, 2.45) is 0 Å². The summed E-state index contributed by atoms with van der Waals surface area (Å²) in [6, 6.07) is 5.17. The fourth-order valence-corrected chi connectivity index (χ4v) is 2.04. The minimum Gasteiger partial charge on any atom is -0.497 e. The Bertz CT molecular complexity index is 396. The molecule has 0 radical (unpaired) electrons. The smallest absolute Gasteiger partial charge is 0.253 e. The molecule has 0 saturated carbocycles. The molecule has 1 rings (SSSR count). The zero-order valence-electron chi connectivity index (χ0n) is 10.3. The van der Waals surface area contributed by atoms with Gasteiger partial charge >= 0.3 is 0 Å². The molecule has 0 aromatic heterocycles. The van der Waals surface area contributed by atoms with Crippen LogP contribution in [0, 0.1) is 0 Å². The van der Waals surface area contributed by atoms with Gasteiger partial charge in [-0.15, -0.1) is 0 Å². The van der Waals surface area contributed by atoms with Gasteiger partial charge in [-0.1, -0.05) is 0 Å². The minimum atomic E-state index is -0.164. The van der Waals surface area contributed by atoms with Gasteiger partial charge in [-0.3, -0.25) is 4.79 Å². The van der Waals surface area contributed by atoms with Crippen molar-refractivity contribution >= 4 is 23.4 Å². The van der Waals surface area contributed by atoms with E-state index in [1.54, 1.807) is 37.1 Å². The molecule has 0 aliphatic carbocycles. The third-order valence-electron chi connectivity index (χ3n) is 2.30. The van der Waals surface area contributed by atoms with E-state index in [-0.39, 0.29) is 11.9 Å². The number of nitrogen functional groups attached to an aromatic ring is 1. The van der Waals surface area contributed by atoms with Gasteiger partial charge in [0.2, 0.25) is 0 Å². The number of carbonyl (C=O) groups is 1. The number of hydrogen-bond donors (Lipinski definition) is 2. The molecule has 17 heavy (non-hydrogen) atoms. The highest BCUT2D eigenvalue weighted by Crippen LogP contribution is 2.19. The Kier molecular flexibility index (Phi) is 5.15. The lowest BCUT2D eigenvalue weighted by atomic mass is 10.1. The zero-order valence-corrected chi connectivity index (χ0v) is 11.1. The SMILES string of the molecule is COc1ccc(N)c(C(=O)NC(C)CSC)c1. The number of ether oxygens (including phenoxy) is 1. The van der Waals surface area contributed by atoms with Crippen LogP contribution in [0.25, 0.3) is 0 Å². The molecule has 0 aliphatic rings. The summed E-state index contributed by atoms with van der Waals surface area (Å²) < 4.78 is 5.07. The fourth-order valence-electron chi connectivity index (χ4n) is 1.45. The second-order valence-corrected chi connectivity index (χ2v) is 4.69. The summed E-state index contributed by atoms with van der Waals surface area (Å²) in [5, 5.41) is 2.89. The highest BCUT2D eigenvalue weighted by Gasteiger charge is 2.13. The van der Waals surface area contributed by atoms with Crippen molar-refractivity contribution in [1.82, 2.24) is 5.32 Å². The molecular weight excluding hydrogens is 236 g/mol. The molecule has 0 bridgehead atoms. The van der Waals surface area contributed by atoms with Crippen molar-refractivity contribution in [1.29, 1.82) is 0 Å². The number of hydrogen-bond acceptors (Lipinski definition) is 4. The Balaban J connectivity index is 2.80. The summed E-state index contributed by atoms with van der Waals surface area (Å²) in [5.41, 5.74) is 6.69. The number of methoxy groups -OCH3 is 1. The average molecular weight is 254 g/mol. The van der Waals surface area contributed by atoms with Crippen LogP contribution in [-0.4, -0.2) is 31.1 Å². The quantitative estimate of drug-likeness (QED) is 0.786. The maximum atomic E-state index is 12.0. The molecule has 0 fully saturated rings. The van der Waals surface area contributed by atoms with Crippen molar-refractivity contribution < 1.29 is 9.53 Å². The van der Waals surface area contributed by atoms with Crippen molar-refractivity contribution in [2.75, 3.05) is 24.9 Å². The maximum Gasteiger partial charge on any atom is 0.253 e. The van der Waals surface area contributed by atoms with Gasteiger partial charge in [0.15, 0.2) is 0 Å². The van der Waals surface area contributed by atoms with E-state index in [1.165, 1.54) is 0 Å². The summed E-state index contributed by atoms with van der Waals surface area (Å²) in [5.74, 6) is 1.33. The summed E-state index contributed by atoms with van der Waals surface area (Å²) >= 11 is 1.69. The summed E-state index contributed by atoms with van der Waals surface area (Å²) in [6.07, 6.45) is 2.00. The van der Waals surface area contributed by atoms with E-state index < -0.39 is 0 Å². The Morgan fingerprint density at radius 2 is 2.29 bits per heavy atom. The standard InChI is InChI=1S/C12H18N2O2S/c1-8(7-17-3)14-12(15)10-6-9(16-2)4-5-11(10)13/h4-6,8H,7,13H2,1-3H3,(H,14,15). The first-order valence-corrected chi connectivity index (χ1v) is 6.71. The number of rotatable bonds is 5. The third kappa shape index (κ3) is 3.85. The molecule has 5 heteroatoms. The van der Waals surface area contributed by atoms with E-state index in [4.69, 9.17) is 10.5 Å². The number of thioether (sulfide) groups is 1. The Hall–Kier alpha value is -1.36. The summed E-state index contributed by atoms with van der Waals surface area (Å²) in [6.45, 7) is 1.96. The lowest BCUT2D eigenvalue weighted by Gasteiger charge is -2.14. The Labute approximate surface area is 106 Å². The van der Waals surface area contributed by atoms with Crippen LogP contribution in [0.15, 0.2) is 18.2 Å². The molecule has 1 atom stereocenters. The predicted octanol–water partition coefficient (Wildman–Crippen LogP) is 1.76. The van der Waals surface area contributed by atoms with E-state index in [2.05, 4.69) is 5.32 Å². The first-order chi connectivity index (χ1) is 8.08. The first-order valence-electron chi connectivity index (χ1n) is 5.31. The van der Waals surface area contributed by atoms with Crippen LogP contribution in [0.3, 0.4) is 0 Å². The monoisotopic (exact) mass is 254 g/mol. The zero-order chi connectivity index (χ0) is 12.8. The van der Waals surface area contributed by atoms with Gasteiger partial charge in [0.25, 0.3) is 5.91 Å². The van der Waals surface area contributed by atoms with Gasteiger partial charge in [0.1, 0.15) is 5.75 Å². The lowest BCUT2D eigenvalue weighted by Crippen LogP contribution is -2.34. The topological polar surface area (TPSA) is 64.3 Å². The van der Waals surface area contributed by atoms with Crippen LogP contribution < -0.4 is 15.8 Å². The molecule has 0 aliphatic heterocycles. The van der Waals surface area contributed by atoms with Gasteiger partial charge in [0, 0.05) is 17.5 Å². The first kappa shape index (κ1) is 13.7. The molecular formula is C12H18N2O2S. The van der Waals surface area contributed by atoms with Crippen molar-refractivity contribution in [3.05, 3.63) is 23.8 Å². The molecule has 1 amide bonds. The Morgan fingerprint density at radius 3 is 2.88 bits per heavy atom. The second-order valence-electron chi connectivity index (χ2n) is 3.78. The number of carbonyl (C=O) groups excluding carboxylic acids is 1. The number of benzene rings is 1. The number of nitrogens with two attached hydrogens (primary N) is 1. The number of amides is 1. The molecule has 0 heterocycles. The number of nitrogens with one attached hydrogen (secondary N) is 1. The van der Waals surface area contributed by atoms with E-state index in [9.17, 15) is 4.79 Å². The highest BCUT2D eigenvalue weighted by molar-refractivity contribution is 7.98. The molecule has 0 spiro atoms. The van der Waals surface area contributed by atoms with Crippen LogP contribution >= 0.6 is 11.8 Å². The van der Waals surface area contributed by atoms with Crippen LogP contribution in [-0.2, 0) is 0 Å².